The number of benzene rings is 1. The number of nitrogens with zero attached hydrogens (tertiary/aromatic N) is 2. The lowest BCUT2D eigenvalue weighted by Crippen LogP contribution is -1.99. The molecule has 2 N–H and O–H groups in total. The minimum Gasteiger partial charge on any atom is -0.441 e. The van der Waals surface area contributed by atoms with Crippen LogP contribution >= 0.6 is 0 Å². The van der Waals surface area contributed by atoms with Crippen molar-refractivity contribution in [1.82, 2.24) is 15.0 Å². The van der Waals surface area contributed by atoms with Crippen molar-refractivity contribution in [2.75, 3.05) is 5.32 Å². The first kappa shape index (κ1) is 10.8. The Morgan fingerprint density at radius 1 is 1.39 bits per heavy atom. The smallest absolute Gasteiger partial charge is 0.195 e. The molecule has 3 rings (SSSR count). The molecule has 0 saturated heterocycles. The molecule has 0 spiro atoms. The summed E-state index contributed by atoms with van der Waals surface area (Å²) in [6.07, 6.45) is 4.29. The molecule has 3 aromatic rings. The Kier molecular flexibility index (Phi) is 2.72. The Hall–Kier alpha value is -2.30. The van der Waals surface area contributed by atoms with Gasteiger partial charge in [0.25, 0.3) is 0 Å². The van der Waals surface area contributed by atoms with E-state index in [9.17, 15) is 0 Å². The number of aryl methyl sites for hydroxylation is 1. The lowest BCUT2D eigenvalue weighted by molar-refractivity contribution is 0.538. The molecule has 0 fully saturated rings. The van der Waals surface area contributed by atoms with Crippen LogP contribution < -0.4 is 5.32 Å². The molecule has 92 valence electrons. The van der Waals surface area contributed by atoms with Gasteiger partial charge in [0, 0.05) is 18.3 Å². The fraction of sp³-hybridized carbons (Fsp3) is 0.231. The third kappa shape index (κ3) is 2.07. The van der Waals surface area contributed by atoms with Gasteiger partial charge in [0.15, 0.2) is 11.5 Å². The number of fused-ring (bicyclic) bond motifs is 1. The minimum atomic E-state index is 0.712. The number of hydrogen-bond donors (Lipinski definition) is 2. The molecule has 18 heavy (non-hydrogen) atoms. The minimum absolute atomic E-state index is 0.712. The first-order chi connectivity index (χ1) is 8.85. The van der Waals surface area contributed by atoms with Gasteiger partial charge in [-0.1, -0.05) is 6.92 Å². The van der Waals surface area contributed by atoms with E-state index in [1.165, 1.54) is 0 Å². The van der Waals surface area contributed by atoms with E-state index in [4.69, 9.17) is 4.42 Å². The number of aromatic nitrogens is 3. The van der Waals surface area contributed by atoms with Crippen LogP contribution in [0.15, 0.2) is 35.1 Å². The summed E-state index contributed by atoms with van der Waals surface area (Å²) in [5.41, 5.74) is 3.79. The number of nitrogens with one attached hydrogen (secondary N) is 2. The van der Waals surface area contributed by atoms with Crippen LogP contribution in [-0.2, 0) is 13.0 Å². The van der Waals surface area contributed by atoms with Crippen molar-refractivity contribution in [3.8, 4) is 0 Å². The molecule has 0 aliphatic rings. The standard InChI is InChI=1S/C13H14N4O/c1-2-13-17-11-5-9(3-4-12(11)18-13)15-7-10-6-14-8-16-10/h3-6,8,15H,2,7H2,1H3,(H,14,16). The summed E-state index contributed by atoms with van der Waals surface area (Å²) in [5.74, 6) is 0.774. The molecule has 1 aromatic carbocycles. The zero-order valence-corrected chi connectivity index (χ0v) is 10.1. The first-order valence-corrected chi connectivity index (χ1v) is 5.96. The van der Waals surface area contributed by atoms with Crippen molar-refractivity contribution in [2.24, 2.45) is 0 Å². The second-order valence-electron chi connectivity index (χ2n) is 4.07. The fourth-order valence-electron chi connectivity index (χ4n) is 1.81. The van der Waals surface area contributed by atoms with Crippen LogP contribution in [0.3, 0.4) is 0 Å². The van der Waals surface area contributed by atoms with Gasteiger partial charge >= 0.3 is 0 Å². The predicted octanol–water partition coefficient (Wildman–Crippen LogP) is 2.73. The van der Waals surface area contributed by atoms with Gasteiger partial charge in [-0.2, -0.15) is 0 Å². The highest BCUT2D eigenvalue weighted by Crippen LogP contribution is 2.20. The van der Waals surface area contributed by atoms with Gasteiger partial charge in [-0.05, 0) is 18.2 Å². The number of H-pyrrole nitrogens is 1. The molecule has 0 saturated carbocycles. The largest absolute Gasteiger partial charge is 0.441 e. The quantitative estimate of drug-likeness (QED) is 0.738. The van der Waals surface area contributed by atoms with Gasteiger partial charge in [0.05, 0.1) is 18.6 Å². The van der Waals surface area contributed by atoms with E-state index >= 15 is 0 Å². The van der Waals surface area contributed by atoms with Gasteiger partial charge < -0.3 is 14.7 Å². The zero-order valence-electron chi connectivity index (χ0n) is 10.1. The van der Waals surface area contributed by atoms with E-state index in [0.29, 0.717) is 6.54 Å². The molecule has 0 atom stereocenters. The number of hydrogen-bond acceptors (Lipinski definition) is 4. The van der Waals surface area contributed by atoms with E-state index in [0.717, 1.165) is 34.8 Å². The van der Waals surface area contributed by atoms with Crippen molar-refractivity contribution in [3.05, 3.63) is 42.3 Å². The molecule has 0 unspecified atom stereocenters. The molecule has 0 bridgehead atoms. The van der Waals surface area contributed by atoms with E-state index < -0.39 is 0 Å². The highest BCUT2D eigenvalue weighted by atomic mass is 16.3. The molecule has 0 aliphatic heterocycles. The number of imidazole rings is 1. The van der Waals surface area contributed by atoms with Crippen molar-refractivity contribution in [1.29, 1.82) is 0 Å². The Bertz CT molecular complexity index is 642. The maximum absolute atomic E-state index is 5.57. The predicted molar refractivity (Wildman–Crippen MR) is 69.3 cm³/mol. The Balaban J connectivity index is 1.80. The summed E-state index contributed by atoms with van der Waals surface area (Å²) >= 11 is 0. The second-order valence-corrected chi connectivity index (χ2v) is 4.07. The zero-order chi connectivity index (χ0) is 12.4. The molecule has 5 heteroatoms. The summed E-state index contributed by atoms with van der Waals surface area (Å²) in [6, 6.07) is 5.93. The van der Waals surface area contributed by atoms with Gasteiger partial charge in [0.1, 0.15) is 5.52 Å². The lowest BCUT2D eigenvalue weighted by atomic mass is 10.3. The van der Waals surface area contributed by atoms with Crippen LogP contribution in [0, 0.1) is 0 Å². The highest BCUT2D eigenvalue weighted by Gasteiger charge is 2.04. The lowest BCUT2D eigenvalue weighted by Gasteiger charge is -2.03. The maximum Gasteiger partial charge on any atom is 0.195 e. The number of oxazole rings is 1. The second kappa shape index (κ2) is 4.52. The van der Waals surface area contributed by atoms with Crippen LogP contribution in [0.1, 0.15) is 18.5 Å². The monoisotopic (exact) mass is 242 g/mol. The molecule has 0 radical (unpaired) electrons. The number of aromatic amines is 1. The Morgan fingerprint density at radius 2 is 2.33 bits per heavy atom. The average molecular weight is 242 g/mol. The third-order valence-corrected chi connectivity index (χ3v) is 2.77. The van der Waals surface area contributed by atoms with Crippen LogP contribution in [0.2, 0.25) is 0 Å². The molecular weight excluding hydrogens is 228 g/mol. The van der Waals surface area contributed by atoms with E-state index in [1.54, 1.807) is 12.5 Å². The van der Waals surface area contributed by atoms with Gasteiger partial charge in [-0.15, -0.1) is 0 Å². The molecule has 5 nitrogen and oxygen atoms in total. The van der Waals surface area contributed by atoms with Crippen LogP contribution in [0.5, 0.6) is 0 Å². The Labute approximate surface area is 104 Å². The molecule has 2 aromatic heterocycles. The van der Waals surface area contributed by atoms with E-state index in [2.05, 4.69) is 20.3 Å². The third-order valence-electron chi connectivity index (χ3n) is 2.77. The molecular formula is C13H14N4O. The van der Waals surface area contributed by atoms with Crippen molar-refractivity contribution in [2.45, 2.75) is 19.9 Å². The van der Waals surface area contributed by atoms with E-state index in [-0.39, 0.29) is 0 Å². The van der Waals surface area contributed by atoms with Gasteiger partial charge in [0.2, 0.25) is 0 Å². The van der Waals surface area contributed by atoms with Crippen molar-refractivity contribution >= 4 is 16.8 Å². The van der Waals surface area contributed by atoms with Crippen molar-refractivity contribution in [3.63, 3.8) is 0 Å². The van der Waals surface area contributed by atoms with Crippen LogP contribution in [-0.4, -0.2) is 15.0 Å². The summed E-state index contributed by atoms with van der Waals surface area (Å²) in [5, 5.41) is 3.31. The fourth-order valence-corrected chi connectivity index (χ4v) is 1.81. The number of anilines is 1. The average Bonchev–Trinajstić information content (AvgIpc) is 3.04. The normalized spacial score (nSPS) is 10.9. The van der Waals surface area contributed by atoms with Gasteiger partial charge in [-0.3, -0.25) is 0 Å². The van der Waals surface area contributed by atoms with E-state index in [1.807, 2.05) is 25.1 Å². The summed E-state index contributed by atoms with van der Waals surface area (Å²) in [4.78, 5) is 11.4. The summed E-state index contributed by atoms with van der Waals surface area (Å²) < 4.78 is 5.57. The van der Waals surface area contributed by atoms with Gasteiger partial charge in [-0.25, -0.2) is 9.97 Å². The molecule has 0 amide bonds. The topological polar surface area (TPSA) is 66.7 Å². The first-order valence-electron chi connectivity index (χ1n) is 5.96. The molecule has 2 heterocycles. The highest BCUT2D eigenvalue weighted by molar-refractivity contribution is 5.77. The number of rotatable bonds is 4. The molecule has 0 aliphatic carbocycles. The Morgan fingerprint density at radius 3 is 3.11 bits per heavy atom. The van der Waals surface area contributed by atoms with Crippen LogP contribution in [0.4, 0.5) is 5.69 Å². The summed E-state index contributed by atoms with van der Waals surface area (Å²) in [7, 11) is 0. The van der Waals surface area contributed by atoms with Crippen molar-refractivity contribution < 1.29 is 4.42 Å². The SMILES string of the molecule is CCc1nc2cc(NCc3cnc[nH]3)ccc2o1. The van der Waals surface area contributed by atoms with Crippen LogP contribution in [0.25, 0.3) is 11.1 Å². The summed E-state index contributed by atoms with van der Waals surface area (Å²) in [6.45, 7) is 2.74. The maximum atomic E-state index is 5.57.